The van der Waals surface area contributed by atoms with Gasteiger partial charge in [-0.15, -0.1) is 4.31 Å². The van der Waals surface area contributed by atoms with Crippen LogP contribution >= 0.6 is 0 Å². The number of hydrogen-bond donors (Lipinski definition) is 0. The Hall–Kier alpha value is -3.20. The summed E-state index contributed by atoms with van der Waals surface area (Å²) >= 11 is -0.956. The Morgan fingerprint density at radius 2 is 1.90 bits per heavy atom. The van der Waals surface area contributed by atoms with Crippen molar-refractivity contribution in [2.75, 3.05) is 33.1 Å². The summed E-state index contributed by atoms with van der Waals surface area (Å²) in [5.41, 5.74) is 6.70. The van der Waals surface area contributed by atoms with E-state index in [1.54, 1.807) is 6.26 Å². The van der Waals surface area contributed by atoms with E-state index >= 15 is 0 Å². The third kappa shape index (κ3) is 6.35. The molecular weight excluding hydrogens is 514 g/mol. The first-order valence-electron chi connectivity index (χ1n) is 13.2. The highest BCUT2D eigenvalue weighted by Crippen LogP contribution is 2.39. The topological polar surface area (TPSA) is 80.3 Å². The number of fused-ring (bicyclic) bond motifs is 1. The Morgan fingerprint density at radius 1 is 1.10 bits per heavy atom. The number of hydrogen-bond acceptors (Lipinski definition) is 7. The van der Waals surface area contributed by atoms with Gasteiger partial charge in [0.1, 0.15) is 36.2 Å². The zero-order chi connectivity index (χ0) is 27.5. The lowest BCUT2D eigenvalue weighted by Crippen LogP contribution is -2.29. The summed E-state index contributed by atoms with van der Waals surface area (Å²) < 4.78 is 36.7. The number of rotatable bonds is 9. The molecule has 5 rings (SSSR count). The van der Waals surface area contributed by atoms with Crippen LogP contribution in [0.4, 0.5) is 0 Å². The van der Waals surface area contributed by atoms with E-state index in [-0.39, 0.29) is 18.0 Å². The molecule has 8 heteroatoms. The van der Waals surface area contributed by atoms with Gasteiger partial charge < -0.3 is 23.5 Å². The van der Waals surface area contributed by atoms with Crippen molar-refractivity contribution in [3.63, 3.8) is 0 Å². The standard InChI is InChI=1S/C31H35NO6S/c1-20-12-27(38-26-10-11-32(17-26)39(4)34)13-21(2)31(20)23-7-5-6-22(14-23)18-36-25-8-9-28-24(15-30(33)35-3)19-37-29(28)16-25/h5-9,12-14,16,24,26H,10-11,15,17-19H2,1-4H3/t24-,26+,39?/m1/s1. The summed E-state index contributed by atoms with van der Waals surface area (Å²) in [4.78, 5) is 11.7. The number of nitrogens with zero attached hydrogens (tertiary/aromatic N) is 1. The van der Waals surface area contributed by atoms with Crippen molar-refractivity contribution in [3.8, 4) is 28.4 Å². The Bertz CT molecular complexity index is 1320. The normalized spacial score (nSPS) is 19.3. The van der Waals surface area contributed by atoms with Crippen LogP contribution in [0.3, 0.4) is 0 Å². The molecule has 1 saturated heterocycles. The van der Waals surface area contributed by atoms with Gasteiger partial charge in [-0.2, -0.15) is 0 Å². The molecule has 1 fully saturated rings. The largest absolute Gasteiger partial charge is 0.598 e. The van der Waals surface area contributed by atoms with Crippen molar-refractivity contribution < 1.29 is 28.3 Å². The van der Waals surface area contributed by atoms with E-state index < -0.39 is 11.4 Å². The second kappa shape index (κ2) is 11.9. The van der Waals surface area contributed by atoms with Gasteiger partial charge in [0.05, 0.1) is 26.7 Å². The van der Waals surface area contributed by atoms with Crippen LogP contribution in [0.25, 0.3) is 11.1 Å². The van der Waals surface area contributed by atoms with E-state index in [1.165, 1.54) is 12.7 Å². The summed E-state index contributed by atoms with van der Waals surface area (Å²) in [7, 11) is 1.40. The molecule has 2 heterocycles. The molecule has 0 N–H and O–H groups in total. The molecule has 3 aromatic rings. The van der Waals surface area contributed by atoms with E-state index in [0.29, 0.717) is 26.2 Å². The van der Waals surface area contributed by atoms with Gasteiger partial charge >= 0.3 is 5.97 Å². The average Bonchev–Trinajstić information content (AvgIpc) is 3.54. The maximum absolute atomic E-state index is 11.8. The fraction of sp³-hybridized carbons (Fsp3) is 0.387. The van der Waals surface area contributed by atoms with Crippen LogP contribution in [0.1, 0.15) is 41.0 Å². The molecule has 0 amide bonds. The van der Waals surface area contributed by atoms with Crippen molar-refractivity contribution in [3.05, 3.63) is 76.9 Å². The molecular formula is C31H35NO6S. The fourth-order valence-electron chi connectivity index (χ4n) is 5.45. The van der Waals surface area contributed by atoms with E-state index in [2.05, 4.69) is 50.2 Å². The van der Waals surface area contributed by atoms with E-state index in [0.717, 1.165) is 58.0 Å². The smallest absolute Gasteiger partial charge is 0.306 e. The highest BCUT2D eigenvalue weighted by atomic mass is 32.2. The number of ether oxygens (including phenoxy) is 4. The second-order valence-electron chi connectivity index (χ2n) is 10.2. The van der Waals surface area contributed by atoms with Crippen LogP contribution in [-0.2, 0) is 27.5 Å². The van der Waals surface area contributed by atoms with Crippen molar-refractivity contribution in [2.24, 2.45) is 0 Å². The number of esters is 1. The van der Waals surface area contributed by atoms with Crippen LogP contribution in [-0.4, -0.2) is 54.0 Å². The zero-order valence-corrected chi connectivity index (χ0v) is 23.7. The third-order valence-corrected chi connectivity index (χ3v) is 8.47. The SMILES string of the molecule is COC(=O)C[C@@H]1COc2cc(OCc3cccc(-c4c(C)cc(O[C@H]5CCN([S+](C)[O-])C5)cc4C)c3)ccc21. The summed E-state index contributed by atoms with van der Waals surface area (Å²) in [6.07, 6.45) is 2.96. The molecule has 7 nitrogen and oxygen atoms in total. The monoisotopic (exact) mass is 549 g/mol. The Morgan fingerprint density at radius 3 is 2.62 bits per heavy atom. The zero-order valence-electron chi connectivity index (χ0n) is 22.9. The molecule has 1 unspecified atom stereocenters. The number of methoxy groups -OCH3 is 1. The lowest BCUT2D eigenvalue weighted by Gasteiger charge is -2.19. The van der Waals surface area contributed by atoms with Crippen LogP contribution in [0, 0.1) is 13.8 Å². The van der Waals surface area contributed by atoms with Gasteiger partial charge in [0.2, 0.25) is 0 Å². The third-order valence-electron chi connectivity index (χ3n) is 7.41. The van der Waals surface area contributed by atoms with Crippen LogP contribution < -0.4 is 14.2 Å². The van der Waals surface area contributed by atoms with E-state index in [9.17, 15) is 9.35 Å². The summed E-state index contributed by atoms with van der Waals surface area (Å²) in [5, 5.41) is 0. The minimum absolute atomic E-state index is 0.0104. The molecule has 39 heavy (non-hydrogen) atoms. The van der Waals surface area contributed by atoms with Gasteiger partial charge in [-0.3, -0.25) is 4.79 Å². The quantitative estimate of drug-likeness (QED) is 0.263. The van der Waals surface area contributed by atoms with E-state index in [1.807, 2.05) is 22.5 Å². The lowest BCUT2D eigenvalue weighted by atomic mass is 9.94. The number of carbonyl (C=O) groups is 1. The lowest BCUT2D eigenvalue weighted by molar-refractivity contribution is -0.141. The molecule has 3 atom stereocenters. The first-order valence-corrected chi connectivity index (χ1v) is 14.7. The summed E-state index contributed by atoms with van der Waals surface area (Å²) in [6.45, 7) is 6.60. The summed E-state index contributed by atoms with van der Waals surface area (Å²) in [5.74, 6) is 2.12. The van der Waals surface area contributed by atoms with Crippen molar-refractivity contribution in [2.45, 2.75) is 45.3 Å². The summed E-state index contributed by atoms with van der Waals surface area (Å²) in [6, 6.07) is 18.4. The molecule has 0 radical (unpaired) electrons. The van der Waals surface area contributed by atoms with Gasteiger partial charge in [-0.25, -0.2) is 0 Å². The predicted molar refractivity (Wildman–Crippen MR) is 152 cm³/mol. The number of benzene rings is 3. The van der Waals surface area contributed by atoms with Crippen LogP contribution in [0.2, 0.25) is 0 Å². The average molecular weight is 550 g/mol. The molecule has 206 valence electrons. The van der Waals surface area contributed by atoms with Crippen LogP contribution in [0.15, 0.2) is 54.6 Å². The van der Waals surface area contributed by atoms with Crippen LogP contribution in [0.5, 0.6) is 17.2 Å². The van der Waals surface area contributed by atoms with Gasteiger partial charge in [-0.05, 0) is 65.9 Å². The fourth-order valence-corrected chi connectivity index (χ4v) is 6.19. The first-order chi connectivity index (χ1) is 18.8. The van der Waals surface area contributed by atoms with Gasteiger partial charge in [0.25, 0.3) is 0 Å². The molecule has 0 aromatic heterocycles. The maximum atomic E-state index is 11.8. The van der Waals surface area contributed by atoms with Gasteiger partial charge in [0, 0.05) is 41.9 Å². The molecule has 0 saturated carbocycles. The molecule has 3 aromatic carbocycles. The highest BCUT2D eigenvalue weighted by Gasteiger charge is 2.30. The molecule has 2 aliphatic rings. The Balaban J connectivity index is 1.24. The first kappa shape index (κ1) is 27.4. The number of aryl methyl sites for hydroxylation is 2. The predicted octanol–water partition coefficient (Wildman–Crippen LogP) is 5.34. The minimum Gasteiger partial charge on any atom is -0.598 e. The minimum atomic E-state index is -0.956. The Kier molecular flexibility index (Phi) is 8.35. The highest BCUT2D eigenvalue weighted by molar-refractivity contribution is 7.88. The van der Waals surface area contributed by atoms with Gasteiger partial charge in [-0.1, -0.05) is 24.3 Å². The molecule has 2 aliphatic heterocycles. The van der Waals surface area contributed by atoms with Crippen molar-refractivity contribution >= 4 is 17.3 Å². The van der Waals surface area contributed by atoms with E-state index in [4.69, 9.17) is 18.9 Å². The Labute approximate surface area is 233 Å². The molecule has 0 bridgehead atoms. The number of carbonyl (C=O) groups excluding carboxylic acids is 1. The second-order valence-corrected chi connectivity index (χ2v) is 11.6. The molecule has 0 spiro atoms. The maximum Gasteiger partial charge on any atom is 0.306 e. The van der Waals surface area contributed by atoms with Crippen molar-refractivity contribution in [1.29, 1.82) is 0 Å². The van der Waals surface area contributed by atoms with Crippen molar-refractivity contribution in [1.82, 2.24) is 4.31 Å². The van der Waals surface area contributed by atoms with Gasteiger partial charge in [0.15, 0.2) is 0 Å². The molecule has 0 aliphatic carbocycles.